The molecule has 1 aliphatic rings. The van der Waals surface area contributed by atoms with Gasteiger partial charge in [-0.2, -0.15) is 0 Å². The van der Waals surface area contributed by atoms with Crippen LogP contribution in [-0.2, 0) is 12.0 Å². The molecule has 0 saturated carbocycles. The van der Waals surface area contributed by atoms with Gasteiger partial charge in [0, 0.05) is 19.1 Å². The van der Waals surface area contributed by atoms with Crippen molar-refractivity contribution in [2.24, 2.45) is 11.7 Å². The molecule has 2 atom stereocenters. The highest BCUT2D eigenvalue weighted by atomic mass is 15.2. The summed E-state index contributed by atoms with van der Waals surface area (Å²) in [4.78, 5) is 2.56. The van der Waals surface area contributed by atoms with E-state index in [2.05, 4.69) is 56.9 Å². The van der Waals surface area contributed by atoms with Crippen LogP contribution in [0.5, 0.6) is 0 Å². The Morgan fingerprint density at radius 2 is 1.84 bits per heavy atom. The van der Waals surface area contributed by atoms with Crippen molar-refractivity contribution in [2.75, 3.05) is 13.1 Å². The Balaban J connectivity index is 2.00. The SMILES string of the molecule is CC1CC(CN)CN1Cc1ccc(C(C)(C)C)cc1. The molecule has 2 N–H and O–H groups in total. The molecule has 0 aromatic heterocycles. The van der Waals surface area contributed by atoms with Gasteiger partial charge in [0.15, 0.2) is 0 Å². The lowest BCUT2D eigenvalue weighted by atomic mass is 9.87. The number of hydrogen-bond acceptors (Lipinski definition) is 2. The molecule has 0 radical (unpaired) electrons. The van der Waals surface area contributed by atoms with E-state index in [0.29, 0.717) is 12.0 Å². The highest BCUT2D eigenvalue weighted by Crippen LogP contribution is 2.26. The fraction of sp³-hybridized carbons (Fsp3) is 0.647. The largest absolute Gasteiger partial charge is 0.330 e. The molecule has 1 saturated heterocycles. The fourth-order valence-corrected chi connectivity index (χ4v) is 2.95. The van der Waals surface area contributed by atoms with Crippen molar-refractivity contribution in [2.45, 2.75) is 52.1 Å². The van der Waals surface area contributed by atoms with E-state index in [1.54, 1.807) is 0 Å². The van der Waals surface area contributed by atoms with Crippen LogP contribution in [0.25, 0.3) is 0 Å². The number of nitrogens with two attached hydrogens (primary N) is 1. The summed E-state index contributed by atoms with van der Waals surface area (Å²) < 4.78 is 0. The molecular formula is C17H28N2. The third-order valence-corrected chi connectivity index (χ3v) is 4.33. The van der Waals surface area contributed by atoms with Gasteiger partial charge in [0.05, 0.1) is 0 Å². The Labute approximate surface area is 118 Å². The van der Waals surface area contributed by atoms with Crippen LogP contribution in [0.4, 0.5) is 0 Å². The van der Waals surface area contributed by atoms with E-state index in [-0.39, 0.29) is 5.41 Å². The number of nitrogens with zero attached hydrogens (tertiary/aromatic N) is 1. The maximum atomic E-state index is 5.79. The van der Waals surface area contributed by atoms with E-state index in [1.165, 1.54) is 17.5 Å². The zero-order chi connectivity index (χ0) is 14.0. The molecule has 2 heteroatoms. The van der Waals surface area contributed by atoms with Crippen LogP contribution < -0.4 is 5.73 Å². The lowest BCUT2D eigenvalue weighted by molar-refractivity contribution is 0.256. The molecular weight excluding hydrogens is 232 g/mol. The molecule has 1 aliphatic heterocycles. The molecule has 1 heterocycles. The summed E-state index contributed by atoms with van der Waals surface area (Å²) in [6.45, 7) is 12.1. The molecule has 1 aromatic rings. The smallest absolute Gasteiger partial charge is 0.0236 e. The first-order valence-corrected chi connectivity index (χ1v) is 7.43. The van der Waals surface area contributed by atoms with Crippen molar-refractivity contribution in [3.8, 4) is 0 Å². The lowest BCUT2D eigenvalue weighted by Gasteiger charge is -2.23. The van der Waals surface area contributed by atoms with Gasteiger partial charge in [0.2, 0.25) is 0 Å². The van der Waals surface area contributed by atoms with Gasteiger partial charge >= 0.3 is 0 Å². The maximum absolute atomic E-state index is 5.79. The predicted molar refractivity (Wildman–Crippen MR) is 82.2 cm³/mol. The summed E-state index contributed by atoms with van der Waals surface area (Å²) in [5.41, 5.74) is 8.86. The van der Waals surface area contributed by atoms with Gasteiger partial charge in [-0.25, -0.2) is 0 Å². The number of rotatable bonds is 3. The Bertz CT molecular complexity index is 402. The molecule has 2 nitrogen and oxygen atoms in total. The van der Waals surface area contributed by atoms with Crippen LogP contribution in [0.3, 0.4) is 0 Å². The van der Waals surface area contributed by atoms with Crippen LogP contribution in [-0.4, -0.2) is 24.0 Å². The molecule has 1 fully saturated rings. The molecule has 19 heavy (non-hydrogen) atoms. The molecule has 1 aromatic carbocycles. The van der Waals surface area contributed by atoms with Crippen LogP contribution in [0.1, 0.15) is 45.2 Å². The minimum absolute atomic E-state index is 0.240. The van der Waals surface area contributed by atoms with Gasteiger partial charge in [-0.05, 0) is 42.3 Å². The first kappa shape index (κ1) is 14.5. The minimum atomic E-state index is 0.240. The molecule has 0 aliphatic carbocycles. The Morgan fingerprint density at radius 3 is 2.32 bits per heavy atom. The van der Waals surface area contributed by atoms with Crippen molar-refractivity contribution in [3.63, 3.8) is 0 Å². The van der Waals surface area contributed by atoms with Gasteiger partial charge in [-0.1, -0.05) is 45.0 Å². The van der Waals surface area contributed by atoms with E-state index in [4.69, 9.17) is 5.73 Å². The predicted octanol–water partition coefficient (Wildman–Crippen LogP) is 3.15. The number of hydrogen-bond donors (Lipinski definition) is 1. The molecule has 106 valence electrons. The average molecular weight is 260 g/mol. The topological polar surface area (TPSA) is 29.3 Å². The van der Waals surface area contributed by atoms with Gasteiger partial charge in [-0.3, -0.25) is 4.90 Å². The van der Waals surface area contributed by atoms with Crippen LogP contribution >= 0.6 is 0 Å². The van der Waals surface area contributed by atoms with Crippen molar-refractivity contribution >= 4 is 0 Å². The summed E-state index contributed by atoms with van der Waals surface area (Å²) in [6.07, 6.45) is 1.25. The first-order valence-electron chi connectivity index (χ1n) is 7.43. The number of benzene rings is 1. The van der Waals surface area contributed by atoms with Crippen molar-refractivity contribution in [1.82, 2.24) is 4.90 Å². The van der Waals surface area contributed by atoms with Crippen molar-refractivity contribution < 1.29 is 0 Å². The maximum Gasteiger partial charge on any atom is 0.0236 e. The van der Waals surface area contributed by atoms with Crippen LogP contribution in [0.15, 0.2) is 24.3 Å². The van der Waals surface area contributed by atoms with Gasteiger partial charge in [-0.15, -0.1) is 0 Å². The molecule has 2 unspecified atom stereocenters. The highest BCUT2D eigenvalue weighted by molar-refractivity contribution is 5.27. The second-order valence-electron chi connectivity index (χ2n) is 7.06. The quantitative estimate of drug-likeness (QED) is 0.904. The third-order valence-electron chi connectivity index (χ3n) is 4.33. The van der Waals surface area contributed by atoms with E-state index in [1.807, 2.05) is 0 Å². The van der Waals surface area contributed by atoms with E-state index in [9.17, 15) is 0 Å². The lowest BCUT2D eigenvalue weighted by Crippen LogP contribution is -2.27. The monoisotopic (exact) mass is 260 g/mol. The Morgan fingerprint density at radius 1 is 1.21 bits per heavy atom. The van der Waals surface area contributed by atoms with E-state index in [0.717, 1.165) is 19.6 Å². The van der Waals surface area contributed by atoms with Crippen molar-refractivity contribution in [3.05, 3.63) is 35.4 Å². The second kappa shape index (κ2) is 5.64. The van der Waals surface area contributed by atoms with Gasteiger partial charge in [0.1, 0.15) is 0 Å². The summed E-state index contributed by atoms with van der Waals surface area (Å²) in [6, 6.07) is 9.77. The standard InChI is InChI=1S/C17H28N2/c1-13-9-15(10-18)12-19(13)11-14-5-7-16(8-6-14)17(2,3)4/h5-8,13,15H,9-12,18H2,1-4H3. The Hall–Kier alpha value is -0.860. The number of likely N-dealkylation sites (tertiary alicyclic amines) is 1. The normalized spacial score (nSPS) is 24.9. The van der Waals surface area contributed by atoms with Crippen LogP contribution in [0, 0.1) is 5.92 Å². The highest BCUT2D eigenvalue weighted by Gasteiger charge is 2.27. The summed E-state index contributed by atoms with van der Waals surface area (Å²) in [5.74, 6) is 0.684. The zero-order valence-corrected chi connectivity index (χ0v) is 12.8. The van der Waals surface area contributed by atoms with E-state index < -0.39 is 0 Å². The first-order chi connectivity index (χ1) is 8.90. The molecule has 0 bridgehead atoms. The second-order valence-corrected chi connectivity index (χ2v) is 7.06. The fourth-order valence-electron chi connectivity index (χ4n) is 2.95. The summed E-state index contributed by atoms with van der Waals surface area (Å²) >= 11 is 0. The van der Waals surface area contributed by atoms with Gasteiger partial charge in [0.25, 0.3) is 0 Å². The molecule has 0 amide bonds. The molecule has 0 spiro atoms. The Kier molecular flexibility index (Phi) is 4.32. The van der Waals surface area contributed by atoms with E-state index >= 15 is 0 Å². The minimum Gasteiger partial charge on any atom is -0.330 e. The average Bonchev–Trinajstić information content (AvgIpc) is 2.70. The van der Waals surface area contributed by atoms with Gasteiger partial charge < -0.3 is 5.73 Å². The zero-order valence-electron chi connectivity index (χ0n) is 12.8. The van der Waals surface area contributed by atoms with Crippen LogP contribution in [0.2, 0.25) is 0 Å². The van der Waals surface area contributed by atoms with Crippen molar-refractivity contribution in [1.29, 1.82) is 0 Å². The summed E-state index contributed by atoms with van der Waals surface area (Å²) in [5, 5.41) is 0. The summed E-state index contributed by atoms with van der Waals surface area (Å²) in [7, 11) is 0. The third kappa shape index (κ3) is 3.58. The molecule has 2 rings (SSSR count).